The van der Waals surface area contributed by atoms with E-state index >= 15 is 0 Å². The van der Waals surface area contributed by atoms with E-state index in [-0.39, 0.29) is 40.7 Å². The lowest BCUT2D eigenvalue weighted by Gasteiger charge is -2.09. The van der Waals surface area contributed by atoms with Gasteiger partial charge in [0.1, 0.15) is 5.69 Å². The molecule has 0 atom stereocenters. The lowest BCUT2D eigenvalue weighted by Crippen LogP contribution is -2.30. The second-order valence-corrected chi connectivity index (χ2v) is 5.41. The van der Waals surface area contributed by atoms with Crippen molar-refractivity contribution < 1.29 is 23.9 Å². The summed E-state index contributed by atoms with van der Waals surface area (Å²) in [5.41, 5.74) is 1.94. The number of anilines is 1. The van der Waals surface area contributed by atoms with Crippen LogP contribution in [0.3, 0.4) is 0 Å². The van der Waals surface area contributed by atoms with Crippen LogP contribution in [-0.4, -0.2) is 54.0 Å². The number of nitrogens with zero attached hydrogens (tertiary/aromatic N) is 3. The molecule has 0 bridgehead atoms. The van der Waals surface area contributed by atoms with E-state index in [4.69, 9.17) is 17.0 Å². The highest BCUT2D eigenvalue weighted by atomic mass is 32.1. The molecular formula is C12H13N5O5S2. The van der Waals surface area contributed by atoms with Crippen LogP contribution in [0.2, 0.25) is 0 Å². The summed E-state index contributed by atoms with van der Waals surface area (Å²) in [6.45, 7) is 1.82. The van der Waals surface area contributed by atoms with Crippen LogP contribution in [0.1, 0.15) is 12.6 Å². The summed E-state index contributed by atoms with van der Waals surface area (Å²) in [5.74, 6) is -1.04. The third kappa shape index (κ3) is 3.83. The van der Waals surface area contributed by atoms with Gasteiger partial charge in [0, 0.05) is 5.38 Å². The first-order chi connectivity index (χ1) is 11.5. The van der Waals surface area contributed by atoms with Gasteiger partial charge in [-0.2, -0.15) is 5.10 Å². The Balaban J connectivity index is 2.30. The quantitative estimate of drug-likeness (QED) is 0.321. The molecule has 0 aliphatic carbocycles. The highest BCUT2D eigenvalue weighted by molar-refractivity contribution is 7.80. The Morgan fingerprint density at radius 3 is 2.92 bits per heavy atom. The first kappa shape index (κ1) is 17.7. The van der Waals surface area contributed by atoms with Gasteiger partial charge in [0.05, 0.1) is 20.3 Å². The van der Waals surface area contributed by atoms with Gasteiger partial charge in [-0.3, -0.25) is 4.79 Å². The van der Waals surface area contributed by atoms with E-state index in [2.05, 4.69) is 20.1 Å². The number of hydrogen-bond acceptors (Lipinski definition) is 9. The summed E-state index contributed by atoms with van der Waals surface area (Å²) < 4.78 is 9.27. The first-order valence-corrected chi connectivity index (χ1v) is 7.92. The number of aromatic nitrogens is 1. The van der Waals surface area contributed by atoms with Gasteiger partial charge in [0.2, 0.25) is 0 Å². The Kier molecular flexibility index (Phi) is 5.76. The van der Waals surface area contributed by atoms with Crippen LogP contribution in [0.15, 0.2) is 10.5 Å². The van der Waals surface area contributed by atoms with Crippen molar-refractivity contribution in [3.63, 3.8) is 0 Å². The molecule has 1 aromatic rings. The monoisotopic (exact) mass is 371 g/mol. The number of rotatable bonds is 5. The van der Waals surface area contributed by atoms with Gasteiger partial charge in [-0.15, -0.1) is 11.3 Å². The van der Waals surface area contributed by atoms with Gasteiger partial charge in [0.25, 0.3) is 5.91 Å². The standard InChI is InChI=1S/C12H13N5O5S2/c1-3-22-9(19)8(15-16-12(20)21-2)6-5-24-11(14-6)17-7(18)4-13-10(17)23/h5H,3-4H2,1-2H3,(H,13,23)(H,16,20)/b15-8-. The molecule has 10 nitrogen and oxygen atoms in total. The summed E-state index contributed by atoms with van der Waals surface area (Å²) in [6.07, 6.45) is -0.854. The minimum atomic E-state index is -0.854. The molecule has 2 rings (SSSR count). The number of nitrogens with one attached hydrogen (secondary N) is 2. The smallest absolute Gasteiger partial charge is 0.427 e. The number of thiazole rings is 1. The van der Waals surface area contributed by atoms with Crippen molar-refractivity contribution in [2.45, 2.75) is 6.92 Å². The van der Waals surface area contributed by atoms with Crippen LogP contribution in [0, 0.1) is 0 Å². The van der Waals surface area contributed by atoms with Crippen molar-refractivity contribution in [3.05, 3.63) is 11.1 Å². The number of hydrazone groups is 1. The fraction of sp³-hybridized carbons (Fsp3) is 0.333. The van der Waals surface area contributed by atoms with E-state index in [1.165, 1.54) is 10.3 Å². The Hall–Kier alpha value is -2.60. The van der Waals surface area contributed by atoms with Crippen LogP contribution < -0.4 is 15.6 Å². The first-order valence-electron chi connectivity index (χ1n) is 6.63. The van der Waals surface area contributed by atoms with E-state index in [1.807, 2.05) is 5.43 Å². The molecule has 0 spiro atoms. The molecule has 0 radical (unpaired) electrons. The summed E-state index contributed by atoms with van der Waals surface area (Å²) in [4.78, 5) is 40.3. The molecule has 1 aliphatic heterocycles. The summed E-state index contributed by atoms with van der Waals surface area (Å²) in [7, 11) is 1.16. The number of amides is 2. The Morgan fingerprint density at radius 2 is 2.33 bits per heavy atom. The molecule has 0 aromatic carbocycles. The van der Waals surface area contributed by atoms with Gasteiger partial charge in [-0.1, -0.05) is 0 Å². The maximum absolute atomic E-state index is 12.0. The van der Waals surface area contributed by atoms with Crippen molar-refractivity contribution in [3.8, 4) is 0 Å². The van der Waals surface area contributed by atoms with Crippen LogP contribution in [-0.2, 0) is 19.1 Å². The Morgan fingerprint density at radius 1 is 1.58 bits per heavy atom. The van der Waals surface area contributed by atoms with Gasteiger partial charge in [-0.25, -0.2) is 24.9 Å². The van der Waals surface area contributed by atoms with E-state index in [1.54, 1.807) is 6.92 Å². The third-order valence-electron chi connectivity index (χ3n) is 2.68. The summed E-state index contributed by atoms with van der Waals surface area (Å²) in [6, 6.07) is 0. The number of ether oxygens (including phenoxy) is 2. The molecule has 128 valence electrons. The molecule has 1 aromatic heterocycles. The van der Waals surface area contributed by atoms with E-state index in [9.17, 15) is 14.4 Å². The van der Waals surface area contributed by atoms with Crippen LogP contribution in [0.25, 0.3) is 0 Å². The predicted octanol–water partition coefficient (Wildman–Crippen LogP) is -0.0126. The highest BCUT2D eigenvalue weighted by Gasteiger charge is 2.30. The van der Waals surface area contributed by atoms with Gasteiger partial charge in [0.15, 0.2) is 16.0 Å². The normalized spacial score (nSPS) is 14.4. The van der Waals surface area contributed by atoms with Crippen LogP contribution in [0.5, 0.6) is 0 Å². The molecule has 12 heteroatoms. The number of carbonyl (C=O) groups is 3. The van der Waals surface area contributed by atoms with Gasteiger partial charge in [-0.05, 0) is 19.1 Å². The molecule has 0 saturated carbocycles. The highest BCUT2D eigenvalue weighted by Crippen LogP contribution is 2.23. The number of hydrogen-bond donors (Lipinski definition) is 2. The topological polar surface area (TPSA) is 122 Å². The van der Waals surface area contributed by atoms with Crippen molar-refractivity contribution in [2.75, 3.05) is 25.2 Å². The predicted molar refractivity (Wildman–Crippen MR) is 88.9 cm³/mol. The second-order valence-electron chi connectivity index (χ2n) is 4.19. The molecule has 0 unspecified atom stereocenters. The van der Waals surface area contributed by atoms with E-state index in [0.29, 0.717) is 0 Å². The van der Waals surface area contributed by atoms with Crippen molar-refractivity contribution in [1.29, 1.82) is 0 Å². The van der Waals surface area contributed by atoms with Crippen molar-refractivity contribution >= 4 is 57.5 Å². The molecule has 2 N–H and O–H groups in total. The second kappa shape index (κ2) is 7.79. The van der Waals surface area contributed by atoms with Crippen LogP contribution in [0.4, 0.5) is 9.93 Å². The third-order valence-corrected chi connectivity index (χ3v) is 3.84. The number of thiocarbonyl (C=S) groups is 1. The number of methoxy groups -OCH3 is 1. The Labute approximate surface area is 145 Å². The Bertz CT molecular complexity index is 700. The molecule has 1 aliphatic rings. The van der Waals surface area contributed by atoms with E-state index in [0.717, 1.165) is 18.4 Å². The summed E-state index contributed by atoms with van der Waals surface area (Å²) in [5, 5.41) is 8.40. The van der Waals surface area contributed by atoms with Gasteiger partial charge >= 0.3 is 12.1 Å². The lowest BCUT2D eigenvalue weighted by molar-refractivity contribution is -0.135. The zero-order valence-electron chi connectivity index (χ0n) is 12.7. The molecule has 1 saturated heterocycles. The fourth-order valence-corrected chi connectivity index (χ4v) is 2.80. The largest absolute Gasteiger partial charge is 0.461 e. The molecule has 24 heavy (non-hydrogen) atoms. The van der Waals surface area contributed by atoms with Crippen molar-refractivity contribution in [1.82, 2.24) is 15.7 Å². The number of esters is 1. The molecule has 1 fully saturated rings. The zero-order chi connectivity index (χ0) is 17.7. The zero-order valence-corrected chi connectivity index (χ0v) is 14.3. The van der Waals surface area contributed by atoms with Crippen LogP contribution >= 0.6 is 23.6 Å². The lowest BCUT2D eigenvalue weighted by atomic mass is 10.3. The fourth-order valence-electron chi connectivity index (χ4n) is 1.65. The average molecular weight is 371 g/mol. The molecular weight excluding hydrogens is 358 g/mol. The SMILES string of the molecule is CCOC(=O)/C(=N\NC(=O)OC)c1csc(N2C(=O)CNC2=S)n1. The summed E-state index contributed by atoms with van der Waals surface area (Å²) >= 11 is 6.13. The van der Waals surface area contributed by atoms with Gasteiger partial charge < -0.3 is 14.8 Å². The minimum absolute atomic E-state index is 0.0798. The maximum Gasteiger partial charge on any atom is 0.427 e. The minimum Gasteiger partial charge on any atom is -0.461 e. The number of carbonyl (C=O) groups excluding carboxylic acids is 3. The molecule has 2 heterocycles. The average Bonchev–Trinajstić information content (AvgIpc) is 3.14. The van der Waals surface area contributed by atoms with E-state index < -0.39 is 12.1 Å². The molecule has 2 amide bonds. The maximum atomic E-state index is 12.0. The van der Waals surface area contributed by atoms with Crippen molar-refractivity contribution in [2.24, 2.45) is 5.10 Å².